The molecule has 0 radical (unpaired) electrons. The molecule has 1 saturated heterocycles. The van der Waals surface area contributed by atoms with E-state index in [-0.39, 0.29) is 31.3 Å². The van der Waals surface area contributed by atoms with E-state index in [1.165, 1.54) is 16.8 Å². The summed E-state index contributed by atoms with van der Waals surface area (Å²) in [7, 11) is -3.39. The summed E-state index contributed by atoms with van der Waals surface area (Å²) in [4.78, 5) is 25.1. The second-order valence-corrected chi connectivity index (χ2v) is 8.28. The van der Waals surface area contributed by atoms with Crippen molar-refractivity contribution in [3.05, 3.63) is 33.1 Å². The lowest BCUT2D eigenvalue weighted by Crippen LogP contribution is -2.31. The van der Waals surface area contributed by atoms with Gasteiger partial charge in [-0.05, 0) is 27.7 Å². The Labute approximate surface area is 145 Å². The molecule has 2 rings (SSSR count). The van der Waals surface area contributed by atoms with Crippen LogP contribution in [0.5, 0.6) is 0 Å². The van der Waals surface area contributed by atoms with Gasteiger partial charge in [-0.1, -0.05) is 0 Å². The van der Waals surface area contributed by atoms with Crippen molar-refractivity contribution in [2.75, 3.05) is 13.0 Å². The third kappa shape index (κ3) is 5.90. The number of rotatable bonds is 8. The molecule has 142 valence electrons. The van der Waals surface area contributed by atoms with Crippen molar-refractivity contribution >= 4 is 7.60 Å². The standard InChI is InChI=1S/C15H25N2O7P/c1-10(2)23-25(20,24-11(3)4)9-22-12-7-14(21-8-12)17-6-5-13(18)16-15(17)19/h5-6,10-12,14H,7-9H2,1-4H3,(H,16,18,19)/t12-,14-/m1/s1. The molecule has 0 unspecified atom stereocenters. The molecule has 0 saturated carbocycles. The van der Waals surface area contributed by atoms with Gasteiger partial charge >= 0.3 is 13.3 Å². The molecule has 1 aliphatic rings. The molecule has 0 amide bonds. The van der Waals surface area contributed by atoms with E-state index in [1.807, 2.05) is 0 Å². The summed E-state index contributed by atoms with van der Waals surface area (Å²) in [5.41, 5.74) is -1.01. The maximum atomic E-state index is 12.7. The molecule has 1 fully saturated rings. The van der Waals surface area contributed by atoms with Crippen LogP contribution in [0.15, 0.2) is 21.9 Å². The molecule has 0 spiro atoms. The third-order valence-electron chi connectivity index (χ3n) is 3.31. The van der Waals surface area contributed by atoms with Crippen molar-refractivity contribution in [2.45, 2.75) is 58.7 Å². The van der Waals surface area contributed by atoms with E-state index in [0.29, 0.717) is 6.42 Å². The number of hydrogen-bond acceptors (Lipinski definition) is 7. The molecule has 0 aromatic carbocycles. The molecule has 2 atom stereocenters. The Kier molecular flexibility index (Phi) is 6.76. The predicted octanol–water partition coefficient (Wildman–Crippen LogP) is 1.84. The number of nitrogens with one attached hydrogen (secondary N) is 1. The van der Waals surface area contributed by atoms with Crippen LogP contribution in [0.1, 0.15) is 40.3 Å². The Morgan fingerprint density at radius 1 is 1.28 bits per heavy atom. The highest BCUT2D eigenvalue weighted by Gasteiger charge is 2.33. The molecule has 1 N–H and O–H groups in total. The predicted molar refractivity (Wildman–Crippen MR) is 90.7 cm³/mol. The van der Waals surface area contributed by atoms with Gasteiger partial charge in [-0.25, -0.2) is 4.79 Å². The summed E-state index contributed by atoms with van der Waals surface area (Å²) in [6, 6.07) is 1.25. The van der Waals surface area contributed by atoms with Crippen molar-refractivity contribution < 1.29 is 23.1 Å². The molecule has 1 aromatic rings. The number of H-pyrrole nitrogens is 1. The first-order chi connectivity index (χ1) is 11.7. The molecular formula is C15H25N2O7P. The quantitative estimate of drug-likeness (QED) is 0.690. The van der Waals surface area contributed by atoms with Crippen LogP contribution < -0.4 is 11.2 Å². The maximum Gasteiger partial charge on any atom is 0.356 e. The van der Waals surface area contributed by atoms with Crippen LogP contribution in [-0.4, -0.2) is 40.8 Å². The fourth-order valence-electron chi connectivity index (χ4n) is 2.47. The average Bonchev–Trinajstić information content (AvgIpc) is 2.92. The highest BCUT2D eigenvalue weighted by atomic mass is 31.2. The summed E-state index contributed by atoms with van der Waals surface area (Å²) in [5.74, 6) is 0. The third-order valence-corrected chi connectivity index (χ3v) is 5.26. The molecule has 25 heavy (non-hydrogen) atoms. The average molecular weight is 376 g/mol. The van der Waals surface area contributed by atoms with Gasteiger partial charge < -0.3 is 18.5 Å². The van der Waals surface area contributed by atoms with Crippen molar-refractivity contribution in [3.63, 3.8) is 0 Å². The maximum absolute atomic E-state index is 12.7. The number of aromatic amines is 1. The minimum atomic E-state index is -3.39. The topological polar surface area (TPSA) is 109 Å². The number of hydrogen-bond donors (Lipinski definition) is 1. The minimum absolute atomic E-state index is 0.190. The largest absolute Gasteiger partial charge is 0.363 e. The summed E-state index contributed by atoms with van der Waals surface area (Å²) < 4.78 is 36.1. The van der Waals surface area contributed by atoms with E-state index in [1.54, 1.807) is 27.7 Å². The van der Waals surface area contributed by atoms with Gasteiger partial charge in [0.15, 0.2) is 0 Å². The van der Waals surface area contributed by atoms with Gasteiger partial charge in [0.05, 0.1) is 24.9 Å². The molecule has 0 aliphatic carbocycles. The minimum Gasteiger partial charge on any atom is -0.363 e. The van der Waals surface area contributed by atoms with Crippen molar-refractivity contribution in [1.29, 1.82) is 0 Å². The first kappa shape index (κ1) is 20.1. The summed E-state index contributed by atoms with van der Waals surface area (Å²) in [6.45, 7) is 7.32. The zero-order chi connectivity index (χ0) is 18.6. The fourth-order valence-corrected chi connectivity index (χ4v) is 4.32. The normalized spacial score (nSPS) is 21.4. The van der Waals surface area contributed by atoms with E-state index in [0.717, 1.165) is 0 Å². The molecule has 9 nitrogen and oxygen atoms in total. The highest BCUT2D eigenvalue weighted by molar-refractivity contribution is 7.53. The van der Waals surface area contributed by atoms with E-state index >= 15 is 0 Å². The van der Waals surface area contributed by atoms with Crippen molar-refractivity contribution in [2.24, 2.45) is 0 Å². The summed E-state index contributed by atoms with van der Waals surface area (Å²) in [5, 5.41) is 0. The van der Waals surface area contributed by atoms with Crippen LogP contribution in [0.4, 0.5) is 0 Å². The first-order valence-electron chi connectivity index (χ1n) is 8.19. The summed E-state index contributed by atoms with van der Waals surface area (Å²) >= 11 is 0. The van der Waals surface area contributed by atoms with Gasteiger partial charge in [0.25, 0.3) is 5.56 Å². The van der Waals surface area contributed by atoms with Gasteiger partial charge in [-0.2, -0.15) is 0 Å². The van der Waals surface area contributed by atoms with Crippen LogP contribution in [0.2, 0.25) is 0 Å². The van der Waals surface area contributed by atoms with Gasteiger partial charge in [-0.15, -0.1) is 0 Å². The Morgan fingerprint density at radius 2 is 1.92 bits per heavy atom. The Balaban J connectivity index is 1.96. The van der Waals surface area contributed by atoms with Crippen molar-refractivity contribution in [1.82, 2.24) is 9.55 Å². The SMILES string of the molecule is CC(C)OP(=O)(CO[C@H]1CO[C@@H](n2ccc(=O)[nH]c2=O)C1)OC(C)C. The molecule has 1 aromatic heterocycles. The zero-order valence-corrected chi connectivity index (χ0v) is 15.7. The van der Waals surface area contributed by atoms with E-state index in [9.17, 15) is 14.2 Å². The lowest BCUT2D eigenvalue weighted by Gasteiger charge is -2.23. The molecular weight excluding hydrogens is 351 g/mol. The van der Waals surface area contributed by atoms with Crippen LogP contribution in [0, 0.1) is 0 Å². The van der Waals surface area contributed by atoms with E-state index in [4.69, 9.17) is 18.5 Å². The fraction of sp³-hybridized carbons (Fsp3) is 0.733. The summed E-state index contributed by atoms with van der Waals surface area (Å²) in [6.07, 6.45) is 0.137. The van der Waals surface area contributed by atoms with Gasteiger partial charge in [0, 0.05) is 18.7 Å². The second-order valence-electron chi connectivity index (χ2n) is 6.38. The van der Waals surface area contributed by atoms with Crippen LogP contribution in [0.25, 0.3) is 0 Å². The lowest BCUT2D eigenvalue weighted by atomic mass is 10.3. The van der Waals surface area contributed by atoms with Gasteiger partial charge in [-0.3, -0.25) is 18.9 Å². The second kappa shape index (κ2) is 8.42. The van der Waals surface area contributed by atoms with Gasteiger partial charge in [0.1, 0.15) is 12.6 Å². The van der Waals surface area contributed by atoms with Crippen LogP contribution >= 0.6 is 7.60 Å². The van der Waals surface area contributed by atoms with Crippen LogP contribution in [-0.2, 0) is 23.1 Å². The van der Waals surface area contributed by atoms with E-state index < -0.39 is 25.1 Å². The first-order valence-corrected chi connectivity index (χ1v) is 9.92. The van der Waals surface area contributed by atoms with E-state index in [2.05, 4.69) is 4.98 Å². The Bertz CT molecular complexity index is 713. The molecule has 1 aliphatic heterocycles. The molecule has 0 bridgehead atoms. The Morgan fingerprint density at radius 3 is 2.48 bits per heavy atom. The lowest BCUT2D eigenvalue weighted by molar-refractivity contribution is 0.0276. The Hall–Kier alpha value is -1.25. The zero-order valence-electron chi connectivity index (χ0n) is 14.8. The number of aromatic nitrogens is 2. The number of ether oxygens (including phenoxy) is 2. The van der Waals surface area contributed by atoms with Crippen LogP contribution in [0.3, 0.4) is 0 Å². The monoisotopic (exact) mass is 376 g/mol. The number of nitrogens with zero attached hydrogens (tertiary/aromatic N) is 1. The molecule has 10 heteroatoms. The molecule has 2 heterocycles. The smallest absolute Gasteiger partial charge is 0.356 e. The van der Waals surface area contributed by atoms with Crippen molar-refractivity contribution in [3.8, 4) is 0 Å². The van der Waals surface area contributed by atoms with Gasteiger partial charge in [0.2, 0.25) is 0 Å². The highest BCUT2D eigenvalue weighted by Crippen LogP contribution is 2.51.